The van der Waals surface area contributed by atoms with E-state index in [4.69, 9.17) is 9.88 Å². The van der Waals surface area contributed by atoms with Crippen LogP contribution >= 0.6 is 0 Å². The number of nitrogens with two attached hydrogens (primary N) is 1. The number of ether oxygens (including phenoxy) is 1. The molecule has 90 valence electrons. The summed E-state index contributed by atoms with van der Waals surface area (Å²) in [6.07, 6.45) is 1.93. The van der Waals surface area contributed by atoms with Gasteiger partial charge < -0.3 is 4.74 Å². The van der Waals surface area contributed by atoms with Gasteiger partial charge in [0.15, 0.2) is 5.82 Å². The lowest BCUT2D eigenvalue weighted by atomic mass is 10.3. The Morgan fingerprint density at radius 3 is 2.50 bits per heavy atom. The van der Waals surface area contributed by atoms with Gasteiger partial charge in [-0.15, -0.1) is 0 Å². The second-order valence-corrected chi connectivity index (χ2v) is 5.03. The Hall–Kier alpha value is -1.12. The van der Waals surface area contributed by atoms with Crippen molar-refractivity contribution in [2.45, 2.75) is 11.7 Å². The van der Waals surface area contributed by atoms with Crippen LogP contribution in [-0.4, -0.2) is 37.4 Å². The number of hydrogen-bond donors (Lipinski definition) is 1. The summed E-state index contributed by atoms with van der Waals surface area (Å²) in [5.41, 5.74) is 0. The van der Waals surface area contributed by atoms with Crippen LogP contribution in [0.1, 0.15) is 5.82 Å². The first-order chi connectivity index (χ1) is 7.43. The molecule has 0 saturated heterocycles. The maximum atomic E-state index is 12.5. The van der Waals surface area contributed by atoms with Crippen molar-refractivity contribution in [2.24, 2.45) is 5.14 Å². The Balaban J connectivity index is 2.80. The van der Waals surface area contributed by atoms with E-state index in [1.54, 1.807) is 0 Å². The zero-order chi connectivity index (χ0) is 12.2. The highest BCUT2D eigenvalue weighted by molar-refractivity contribution is 7.89. The molecule has 16 heavy (non-hydrogen) atoms. The number of aromatic nitrogens is 2. The molecule has 2 N–H and O–H groups in total. The molecule has 1 aromatic rings. The summed E-state index contributed by atoms with van der Waals surface area (Å²) in [7, 11) is -2.37. The van der Waals surface area contributed by atoms with E-state index in [0.717, 1.165) is 12.4 Å². The smallest absolute Gasteiger partial charge is 0.214 e. The minimum absolute atomic E-state index is 0.00699. The first-order valence-electron chi connectivity index (χ1n) is 4.40. The number of hydrogen-bond acceptors (Lipinski definition) is 5. The normalized spacial score (nSPS) is 13.7. The minimum atomic E-state index is -3.73. The van der Waals surface area contributed by atoms with Gasteiger partial charge in [-0.05, 0) is 0 Å². The molecule has 6 nitrogen and oxygen atoms in total. The van der Waals surface area contributed by atoms with Gasteiger partial charge in [0.1, 0.15) is 11.1 Å². The molecule has 0 saturated carbocycles. The van der Waals surface area contributed by atoms with E-state index in [-0.39, 0.29) is 18.9 Å². The minimum Gasteiger partial charge on any atom is -0.383 e. The lowest BCUT2D eigenvalue weighted by molar-refractivity contribution is 0.196. The molecule has 0 unspecified atom stereocenters. The summed E-state index contributed by atoms with van der Waals surface area (Å²) < 4.78 is 39.6. The maximum Gasteiger partial charge on any atom is 0.214 e. The van der Waals surface area contributed by atoms with Crippen molar-refractivity contribution < 1.29 is 17.5 Å². The third-order valence-corrected chi connectivity index (χ3v) is 3.13. The Morgan fingerprint density at radius 2 is 2.06 bits per heavy atom. The Morgan fingerprint density at radius 1 is 1.50 bits per heavy atom. The number of primary sulfonamides is 1. The molecule has 0 aliphatic carbocycles. The fourth-order valence-electron chi connectivity index (χ4n) is 1.10. The topological polar surface area (TPSA) is 95.2 Å². The summed E-state index contributed by atoms with van der Waals surface area (Å²) in [5.74, 6) is -0.375. The third kappa shape index (κ3) is 3.80. The van der Waals surface area contributed by atoms with Crippen LogP contribution in [0.2, 0.25) is 0 Å². The molecule has 8 heteroatoms. The molecule has 1 aromatic heterocycles. The van der Waals surface area contributed by atoms with Crippen molar-refractivity contribution >= 4 is 10.0 Å². The molecule has 0 aliphatic heterocycles. The van der Waals surface area contributed by atoms with E-state index >= 15 is 0 Å². The van der Waals surface area contributed by atoms with Crippen LogP contribution in [0.3, 0.4) is 0 Å². The molecular formula is C8H12FN3O3S. The molecule has 1 rings (SSSR count). The summed E-state index contributed by atoms with van der Waals surface area (Å²) in [6.45, 7) is -0.0560. The van der Waals surface area contributed by atoms with Gasteiger partial charge in [-0.1, -0.05) is 0 Å². The van der Waals surface area contributed by atoms with E-state index in [9.17, 15) is 12.8 Å². The quantitative estimate of drug-likeness (QED) is 0.756. The molecule has 0 aromatic carbocycles. The van der Waals surface area contributed by atoms with Gasteiger partial charge in [0.2, 0.25) is 10.0 Å². The van der Waals surface area contributed by atoms with Crippen molar-refractivity contribution in [2.75, 3.05) is 13.7 Å². The largest absolute Gasteiger partial charge is 0.383 e. The van der Waals surface area contributed by atoms with Crippen molar-refractivity contribution in [1.29, 1.82) is 0 Å². The molecule has 1 atom stereocenters. The first-order valence-corrected chi connectivity index (χ1v) is 6.01. The summed E-state index contributed by atoms with van der Waals surface area (Å²) in [4.78, 5) is 7.30. The number of rotatable bonds is 5. The molecular weight excluding hydrogens is 237 g/mol. The Labute approximate surface area is 92.7 Å². The van der Waals surface area contributed by atoms with Gasteiger partial charge in [0.05, 0.1) is 19.0 Å². The lowest BCUT2D eigenvalue weighted by Crippen LogP contribution is -2.34. The van der Waals surface area contributed by atoms with Crippen LogP contribution in [-0.2, 0) is 21.2 Å². The molecule has 0 bridgehead atoms. The van der Waals surface area contributed by atoms with Gasteiger partial charge >= 0.3 is 0 Å². The number of nitrogens with zero attached hydrogens (tertiary/aromatic N) is 2. The molecule has 0 amide bonds. The van der Waals surface area contributed by atoms with E-state index < -0.39 is 21.1 Å². The highest BCUT2D eigenvalue weighted by atomic mass is 32.2. The van der Waals surface area contributed by atoms with Crippen LogP contribution in [0.5, 0.6) is 0 Å². The number of sulfonamides is 1. The van der Waals surface area contributed by atoms with Gasteiger partial charge in [-0.2, -0.15) is 0 Å². The van der Waals surface area contributed by atoms with Crippen LogP contribution in [0.4, 0.5) is 4.39 Å². The highest BCUT2D eigenvalue weighted by Gasteiger charge is 2.23. The summed E-state index contributed by atoms with van der Waals surface area (Å²) in [6, 6.07) is 0. The van der Waals surface area contributed by atoms with E-state index in [1.165, 1.54) is 7.11 Å². The van der Waals surface area contributed by atoms with Crippen molar-refractivity contribution in [3.63, 3.8) is 0 Å². The molecule has 0 fully saturated rings. The van der Waals surface area contributed by atoms with Crippen molar-refractivity contribution in [3.8, 4) is 0 Å². The molecule has 0 spiro atoms. The molecule has 0 radical (unpaired) electrons. The Kier molecular flexibility index (Phi) is 4.27. The molecule has 0 aliphatic rings. The fourth-order valence-corrected chi connectivity index (χ4v) is 1.81. The van der Waals surface area contributed by atoms with Gasteiger partial charge in [-0.3, -0.25) is 0 Å². The second kappa shape index (κ2) is 5.28. The number of methoxy groups -OCH3 is 1. The molecule has 1 heterocycles. The van der Waals surface area contributed by atoms with Crippen molar-refractivity contribution in [3.05, 3.63) is 24.0 Å². The van der Waals surface area contributed by atoms with Crippen LogP contribution in [0.15, 0.2) is 12.4 Å². The summed E-state index contributed by atoms with van der Waals surface area (Å²) >= 11 is 0. The maximum absolute atomic E-state index is 12.5. The predicted octanol–water partition coefficient (Wildman–Crippen LogP) is -0.538. The highest BCUT2D eigenvalue weighted by Crippen LogP contribution is 2.05. The first kappa shape index (κ1) is 12.9. The average molecular weight is 249 g/mol. The van der Waals surface area contributed by atoms with Crippen molar-refractivity contribution in [1.82, 2.24) is 9.97 Å². The monoisotopic (exact) mass is 249 g/mol. The standard InChI is InChI=1S/C8H12FN3O3S/c1-15-5-7(16(10,13)14)2-8-11-3-6(9)4-12-8/h3-4,7H,2,5H2,1H3,(H2,10,13,14)/t7-/m0/s1. The van der Waals surface area contributed by atoms with E-state index in [1.807, 2.05) is 0 Å². The second-order valence-electron chi connectivity index (χ2n) is 3.19. The zero-order valence-electron chi connectivity index (χ0n) is 8.63. The summed E-state index contributed by atoms with van der Waals surface area (Å²) in [5, 5.41) is 4.08. The lowest BCUT2D eigenvalue weighted by Gasteiger charge is -2.12. The van der Waals surface area contributed by atoms with Gasteiger partial charge in [0, 0.05) is 13.5 Å². The van der Waals surface area contributed by atoms with Gasteiger partial charge in [-0.25, -0.2) is 27.9 Å². The number of halogens is 1. The SMILES string of the molecule is COC[C@H](Cc1ncc(F)cn1)S(N)(=O)=O. The van der Waals surface area contributed by atoms with Crippen LogP contribution in [0.25, 0.3) is 0 Å². The predicted molar refractivity (Wildman–Crippen MR) is 54.5 cm³/mol. The van der Waals surface area contributed by atoms with E-state index in [2.05, 4.69) is 9.97 Å². The Bertz CT molecular complexity index is 434. The fraction of sp³-hybridized carbons (Fsp3) is 0.500. The van der Waals surface area contributed by atoms with Crippen LogP contribution in [0, 0.1) is 5.82 Å². The van der Waals surface area contributed by atoms with E-state index in [0.29, 0.717) is 0 Å². The average Bonchev–Trinajstić information content (AvgIpc) is 2.19. The third-order valence-electron chi connectivity index (χ3n) is 1.90. The van der Waals surface area contributed by atoms with Gasteiger partial charge in [0.25, 0.3) is 0 Å². The van der Waals surface area contributed by atoms with Crippen LogP contribution < -0.4 is 5.14 Å². The zero-order valence-corrected chi connectivity index (χ0v) is 9.45.